The van der Waals surface area contributed by atoms with Crippen molar-refractivity contribution in [1.29, 1.82) is 0 Å². The summed E-state index contributed by atoms with van der Waals surface area (Å²) in [5.74, 6) is 0. The molecule has 0 fully saturated rings. The van der Waals surface area contributed by atoms with E-state index in [9.17, 15) is 0 Å². The van der Waals surface area contributed by atoms with Crippen LogP contribution >= 0.6 is 27.5 Å². The van der Waals surface area contributed by atoms with Crippen LogP contribution < -0.4 is 0 Å². The van der Waals surface area contributed by atoms with Crippen LogP contribution in [0.15, 0.2) is 59.1 Å². The van der Waals surface area contributed by atoms with E-state index in [4.69, 9.17) is 11.6 Å². The first-order chi connectivity index (χ1) is 10.1. The summed E-state index contributed by atoms with van der Waals surface area (Å²) in [4.78, 5) is 0. The van der Waals surface area contributed by atoms with Crippen molar-refractivity contribution in [2.75, 3.05) is 0 Å². The number of alkyl halides is 1. The fourth-order valence-electron chi connectivity index (χ4n) is 2.84. The number of rotatable bonds is 2. The zero-order chi connectivity index (χ0) is 15.0. The predicted octanol–water partition coefficient (Wildman–Crippen LogP) is 6.55. The van der Waals surface area contributed by atoms with Crippen molar-refractivity contribution in [2.24, 2.45) is 0 Å². The fourth-order valence-corrected chi connectivity index (χ4v) is 3.64. The summed E-state index contributed by atoms with van der Waals surface area (Å²) < 4.78 is 1.10. The van der Waals surface area contributed by atoms with Crippen LogP contribution in [0.3, 0.4) is 0 Å². The second-order valence-corrected chi connectivity index (χ2v) is 6.76. The van der Waals surface area contributed by atoms with E-state index in [1.54, 1.807) is 0 Å². The molecule has 3 rings (SSSR count). The highest BCUT2D eigenvalue weighted by Gasteiger charge is 2.15. The molecule has 1 atom stereocenters. The summed E-state index contributed by atoms with van der Waals surface area (Å²) in [6.45, 7) is 4.22. The third-order valence-corrected chi connectivity index (χ3v) is 4.89. The molecule has 0 aromatic heterocycles. The molecule has 0 nitrogen and oxygen atoms in total. The van der Waals surface area contributed by atoms with Gasteiger partial charge in [0.05, 0.1) is 5.38 Å². The van der Waals surface area contributed by atoms with Crippen molar-refractivity contribution >= 4 is 38.3 Å². The molecule has 0 spiro atoms. The Hall–Kier alpha value is -1.31. The Labute approximate surface area is 138 Å². The van der Waals surface area contributed by atoms with Crippen LogP contribution in [0, 0.1) is 13.8 Å². The molecule has 3 aromatic carbocycles. The molecule has 0 heterocycles. The van der Waals surface area contributed by atoms with E-state index in [0.29, 0.717) is 0 Å². The van der Waals surface area contributed by atoms with E-state index in [2.05, 4.69) is 84.4 Å². The van der Waals surface area contributed by atoms with E-state index in [1.807, 2.05) is 0 Å². The van der Waals surface area contributed by atoms with Crippen molar-refractivity contribution in [1.82, 2.24) is 0 Å². The van der Waals surface area contributed by atoms with E-state index in [-0.39, 0.29) is 5.38 Å². The summed E-state index contributed by atoms with van der Waals surface area (Å²) in [5, 5.41) is 2.26. The van der Waals surface area contributed by atoms with E-state index in [1.165, 1.54) is 21.9 Å². The smallest absolute Gasteiger partial charge is 0.0841 e. The zero-order valence-electron chi connectivity index (χ0n) is 12.0. The van der Waals surface area contributed by atoms with Crippen LogP contribution in [-0.2, 0) is 0 Å². The molecule has 0 radical (unpaired) electrons. The molecule has 0 N–H and O–H groups in total. The highest BCUT2D eigenvalue weighted by atomic mass is 79.9. The number of hydrogen-bond acceptors (Lipinski definition) is 0. The number of halogens is 2. The van der Waals surface area contributed by atoms with Gasteiger partial charge in [0.2, 0.25) is 0 Å². The maximum Gasteiger partial charge on any atom is 0.0841 e. The van der Waals surface area contributed by atoms with Crippen molar-refractivity contribution in [3.8, 4) is 0 Å². The number of fused-ring (bicyclic) bond motifs is 1. The lowest BCUT2D eigenvalue weighted by atomic mass is 9.96. The summed E-state index contributed by atoms with van der Waals surface area (Å²) in [7, 11) is 0. The van der Waals surface area contributed by atoms with Gasteiger partial charge in [-0.2, -0.15) is 0 Å². The minimum absolute atomic E-state index is 0.137. The van der Waals surface area contributed by atoms with E-state index >= 15 is 0 Å². The average molecular weight is 360 g/mol. The fraction of sp³-hybridized carbons (Fsp3) is 0.158. The van der Waals surface area contributed by atoms with Gasteiger partial charge in [0.15, 0.2) is 0 Å². The first kappa shape index (κ1) is 14.6. The minimum Gasteiger partial charge on any atom is -0.113 e. The molecule has 2 heteroatoms. The van der Waals surface area contributed by atoms with Gasteiger partial charge >= 0.3 is 0 Å². The third kappa shape index (κ3) is 2.86. The molecule has 1 unspecified atom stereocenters. The van der Waals surface area contributed by atoms with Gasteiger partial charge in [-0.15, -0.1) is 11.6 Å². The zero-order valence-corrected chi connectivity index (χ0v) is 14.4. The monoisotopic (exact) mass is 358 g/mol. The van der Waals surface area contributed by atoms with Crippen LogP contribution in [-0.4, -0.2) is 0 Å². The van der Waals surface area contributed by atoms with Crippen molar-refractivity contribution < 1.29 is 0 Å². The average Bonchev–Trinajstić information content (AvgIpc) is 2.46. The number of benzene rings is 3. The summed E-state index contributed by atoms with van der Waals surface area (Å²) in [6.07, 6.45) is 0. The molecule has 0 aliphatic carbocycles. The van der Waals surface area contributed by atoms with Gasteiger partial charge in [-0.25, -0.2) is 0 Å². The molecule has 0 saturated carbocycles. The SMILES string of the molecule is Cc1cc(C)cc(C(Cl)c2ccc(Br)c3ccccc23)c1. The Kier molecular flexibility index (Phi) is 4.05. The van der Waals surface area contributed by atoms with Gasteiger partial charge in [0.25, 0.3) is 0 Å². The Morgan fingerprint density at radius 1 is 0.857 bits per heavy atom. The summed E-state index contributed by atoms with van der Waals surface area (Å²) >= 11 is 10.4. The number of aryl methyl sites for hydroxylation is 2. The van der Waals surface area contributed by atoms with Crippen LogP contribution in [0.25, 0.3) is 10.8 Å². The lowest BCUT2D eigenvalue weighted by Crippen LogP contribution is -1.96. The standard InChI is InChI=1S/C19H16BrCl/c1-12-9-13(2)11-14(10-12)19(21)17-7-8-18(20)16-6-4-3-5-15(16)17/h3-11,19H,1-2H3. The van der Waals surface area contributed by atoms with E-state index in [0.717, 1.165) is 15.6 Å². The first-order valence-corrected chi connectivity index (χ1v) is 8.18. The Balaban J connectivity index is 2.18. The van der Waals surface area contributed by atoms with Crippen LogP contribution in [0.1, 0.15) is 27.6 Å². The molecule has 0 amide bonds. The third-order valence-electron chi connectivity index (χ3n) is 3.71. The normalized spacial score (nSPS) is 12.6. The molecule has 0 aliphatic heterocycles. The van der Waals surface area contributed by atoms with Crippen LogP contribution in [0.5, 0.6) is 0 Å². The summed E-state index contributed by atoms with van der Waals surface area (Å²) in [5.41, 5.74) is 4.80. The Bertz CT molecular complexity index is 788. The van der Waals surface area contributed by atoms with Crippen LogP contribution in [0.4, 0.5) is 0 Å². The van der Waals surface area contributed by atoms with Crippen LogP contribution in [0.2, 0.25) is 0 Å². The van der Waals surface area contributed by atoms with Gasteiger partial charge < -0.3 is 0 Å². The van der Waals surface area contributed by atoms with Gasteiger partial charge in [-0.05, 0) is 41.8 Å². The van der Waals surface area contributed by atoms with Crippen molar-refractivity contribution in [3.63, 3.8) is 0 Å². The lowest BCUT2D eigenvalue weighted by molar-refractivity contribution is 1.14. The summed E-state index contributed by atoms with van der Waals surface area (Å²) in [6, 6.07) is 19.1. The Morgan fingerprint density at radius 3 is 2.14 bits per heavy atom. The highest BCUT2D eigenvalue weighted by molar-refractivity contribution is 9.10. The second-order valence-electron chi connectivity index (χ2n) is 5.47. The molecule has 0 saturated heterocycles. The molecule has 21 heavy (non-hydrogen) atoms. The van der Waals surface area contributed by atoms with E-state index < -0.39 is 0 Å². The molecular weight excluding hydrogens is 344 g/mol. The van der Waals surface area contributed by atoms with Crippen molar-refractivity contribution in [2.45, 2.75) is 19.2 Å². The largest absolute Gasteiger partial charge is 0.113 e. The van der Waals surface area contributed by atoms with Crippen molar-refractivity contribution in [3.05, 3.63) is 81.3 Å². The molecule has 3 aromatic rings. The Morgan fingerprint density at radius 2 is 1.48 bits per heavy atom. The molecule has 106 valence electrons. The first-order valence-electron chi connectivity index (χ1n) is 6.95. The van der Waals surface area contributed by atoms with Gasteiger partial charge in [0.1, 0.15) is 0 Å². The van der Waals surface area contributed by atoms with Gasteiger partial charge in [-0.3, -0.25) is 0 Å². The minimum atomic E-state index is -0.137. The maximum absolute atomic E-state index is 6.79. The topological polar surface area (TPSA) is 0 Å². The second kappa shape index (κ2) is 5.82. The lowest BCUT2D eigenvalue weighted by Gasteiger charge is -2.15. The maximum atomic E-state index is 6.79. The van der Waals surface area contributed by atoms with Gasteiger partial charge in [-0.1, -0.05) is 75.6 Å². The quantitative estimate of drug-likeness (QED) is 0.455. The van der Waals surface area contributed by atoms with Gasteiger partial charge in [0, 0.05) is 4.47 Å². The molecule has 0 bridgehead atoms. The highest BCUT2D eigenvalue weighted by Crippen LogP contribution is 2.37. The predicted molar refractivity (Wildman–Crippen MR) is 95.3 cm³/mol. The molecule has 0 aliphatic rings. The molecular formula is C19H16BrCl. The number of hydrogen-bond donors (Lipinski definition) is 0.